The highest BCUT2D eigenvalue weighted by molar-refractivity contribution is 5.88. The molecule has 1 aromatic heterocycles. The molecule has 1 rings (SSSR count). The lowest BCUT2D eigenvalue weighted by Gasteiger charge is -2.19. The van der Waals surface area contributed by atoms with Crippen LogP contribution in [0.2, 0.25) is 0 Å². The number of ether oxygens (including phenoxy) is 1. The van der Waals surface area contributed by atoms with Crippen LogP contribution in [0.25, 0.3) is 0 Å². The first-order valence-electron chi connectivity index (χ1n) is 5.67. The molecule has 0 aliphatic rings. The summed E-state index contributed by atoms with van der Waals surface area (Å²) in [4.78, 5) is 26.1. The zero-order valence-electron chi connectivity index (χ0n) is 11.2. The van der Waals surface area contributed by atoms with Crippen LogP contribution in [0.15, 0.2) is 12.1 Å². The molecule has 0 unspecified atom stereocenters. The minimum Gasteiger partial charge on any atom is -0.464 e. The summed E-state index contributed by atoms with van der Waals surface area (Å²) in [5, 5.41) is 10.9. The van der Waals surface area contributed by atoms with Crippen LogP contribution in [0.3, 0.4) is 0 Å². The fourth-order valence-corrected chi connectivity index (χ4v) is 1.48. The maximum Gasteiger partial charge on any atom is 0.390 e. The summed E-state index contributed by atoms with van der Waals surface area (Å²) in [6, 6.07) is 2.07. The molecule has 0 aromatic carbocycles. The van der Waals surface area contributed by atoms with Crippen molar-refractivity contribution in [3.63, 3.8) is 0 Å². The van der Waals surface area contributed by atoms with E-state index in [1.165, 1.54) is 7.05 Å². The molecule has 7 nitrogen and oxygen atoms in total. The van der Waals surface area contributed by atoms with Gasteiger partial charge in [0.2, 0.25) is 5.82 Å². The van der Waals surface area contributed by atoms with Crippen LogP contribution in [-0.2, 0) is 4.74 Å². The Morgan fingerprint density at radius 2 is 2.10 bits per heavy atom. The van der Waals surface area contributed by atoms with Crippen LogP contribution in [-0.4, -0.2) is 42.8 Å². The van der Waals surface area contributed by atoms with Gasteiger partial charge in [0.1, 0.15) is 0 Å². The van der Waals surface area contributed by atoms with Gasteiger partial charge < -0.3 is 9.64 Å². The number of rotatable bonds is 5. The number of esters is 1. The molecular weight excluding hydrogens is 295 g/mol. The van der Waals surface area contributed by atoms with Gasteiger partial charge in [-0.1, -0.05) is 0 Å². The molecule has 0 amide bonds. The zero-order chi connectivity index (χ0) is 16.2. The molecule has 1 aromatic rings. The van der Waals surface area contributed by atoms with Crippen molar-refractivity contribution in [3.05, 3.63) is 27.9 Å². The first-order valence-corrected chi connectivity index (χ1v) is 5.67. The molecule has 0 radical (unpaired) electrons. The summed E-state index contributed by atoms with van der Waals surface area (Å²) >= 11 is 0. The standard InChI is InChI=1S/C11H12F3N3O4/c1-16(6-5-11(12,13)14)9-8(17(19)20)4-3-7(15-9)10(18)21-2/h3-4H,5-6H2,1-2H3. The second-order valence-electron chi connectivity index (χ2n) is 4.07. The molecule has 0 spiro atoms. The van der Waals surface area contributed by atoms with Crippen molar-refractivity contribution in [2.24, 2.45) is 0 Å². The van der Waals surface area contributed by atoms with E-state index in [1.807, 2.05) is 0 Å². The van der Waals surface area contributed by atoms with E-state index >= 15 is 0 Å². The second kappa shape index (κ2) is 6.37. The minimum absolute atomic E-state index is 0.225. The van der Waals surface area contributed by atoms with Crippen LogP contribution in [0, 0.1) is 10.1 Å². The average molecular weight is 307 g/mol. The predicted octanol–water partition coefficient (Wildman–Crippen LogP) is 2.17. The highest BCUT2D eigenvalue weighted by Crippen LogP contribution is 2.27. The SMILES string of the molecule is COC(=O)c1ccc([N+](=O)[O-])c(N(C)CCC(F)(F)F)n1. The lowest BCUT2D eigenvalue weighted by molar-refractivity contribution is -0.384. The lowest BCUT2D eigenvalue weighted by Crippen LogP contribution is -2.26. The van der Waals surface area contributed by atoms with E-state index < -0.39 is 35.7 Å². The van der Waals surface area contributed by atoms with Crippen molar-refractivity contribution in [2.45, 2.75) is 12.6 Å². The third-order valence-electron chi connectivity index (χ3n) is 2.54. The van der Waals surface area contributed by atoms with Gasteiger partial charge in [0.25, 0.3) is 0 Å². The molecule has 116 valence electrons. The number of halogens is 3. The second-order valence-corrected chi connectivity index (χ2v) is 4.07. The van der Waals surface area contributed by atoms with Crippen molar-refractivity contribution >= 4 is 17.5 Å². The molecule has 0 N–H and O–H groups in total. The van der Waals surface area contributed by atoms with Gasteiger partial charge in [0.05, 0.1) is 18.5 Å². The molecule has 10 heteroatoms. The zero-order valence-corrected chi connectivity index (χ0v) is 11.2. The predicted molar refractivity (Wildman–Crippen MR) is 66.2 cm³/mol. The monoisotopic (exact) mass is 307 g/mol. The maximum atomic E-state index is 12.2. The van der Waals surface area contributed by atoms with E-state index in [1.54, 1.807) is 0 Å². The average Bonchev–Trinajstić information content (AvgIpc) is 2.42. The van der Waals surface area contributed by atoms with Gasteiger partial charge in [0.15, 0.2) is 5.69 Å². The molecule has 1 heterocycles. The molecule has 0 saturated heterocycles. The number of carbonyl (C=O) groups excluding carboxylic acids is 1. The summed E-state index contributed by atoms with van der Waals surface area (Å²) in [6.07, 6.45) is -5.56. The van der Waals surface area contributed by atoms with Gasteiger partial charge in [-0.15, -0.1) is 0 Å². The van der Waals surface area contributed by atoms with Crippen molar-refractivity contribution < 1.29 is 27.6 Å². The van der Waals surface area contributed by atoms with E-state index in [2.05, 4.69) is 9.72 Å². The Kier molecular flexibility index (Phi) is 5.06. The van der Waals surface area contributed by atoms with Crippen molar-refractivity contribution in [1.29, 1.82) is 0 Å². The molecule has 0 saturated carbocycles. The van der Waals surface area contributed by atoms with Gasteiger partial charge >= 0.3 is 17.8 Å². The van der Waals surface area contributed by atoms with Gasteiger partial charge in [-0.3, -0.25) is 10.1 Å². The van der Waals surface area contributed by atoms with Gasteiger partial charge in [-0.05, 0) is 6.07 Å². The van der Waals surface area contributed by atoms with Crippen LogP contribution in [0.5, 0.6) is 0 Å². The maximum absolute atomic E-state index is 12.2. The molecule has 0 atom stereocenters. The summed E-state index contributed by atoms with van der Waals surface area (Å²) in [6.45, 7) is -0.526. The third kappa shape index (κ3) is 4.58. The summed E-state index contributed by atoms with van der Waals surface area (Å²) in [5.74, 6) is -1.16. The summed E-state index contributed by atoms with van der Waals surface area (Å²) < 4.78 is 41.0. The van der Waals surface area contributed by atoms with E-state index in [-0.39, 0.29) is 11.5 Å². The van der Waals surface area contributed by atoms with Crippen LogP contribution in [0.4, 0.5) is 24.7 Å². The molecule has 0 aliphatic heterocycles. The molecule has 21 heavy (non-hydrogen) atoms. The number of anilines is 1. The van der Waals surface area contributed by atoms with Gasteiger partial charge in [-0.25, -0.2) is 9.78 Å². The number of hydrogen-bond acceptors (Lipinski definition) is 6. The van der Waals surface area contributed by atoms with Crippen LogP contribution < -0.4 is 4.90 Å². The normalized spacial score (nSPS) is 11.1. The number of carbonyl (C=O) groups is 1. The van der Waals surface area contributed by atoms with Crippen LogP contribution >= 0.6 is 0 Å². The summed E-state index contributed by atoms with van der Waals surface area (Å²) in [7, 11) is 2.32. The lowest BCUT2D eigenvalue weighted by atomic mass is 10.3. The smallest absolute Gasteiger partial charge is 0.390 e. The van der Waals surface area contributed by atoms with Crippen molar-refractivity contribution in [2.75, 3.05) is 25.6 Å². The number of alkyl halides is 3. The molecule has 0 aliphatic carbocycles. The van der Waals surface area contributed by atoms with Crippen LogP contribution in [0.1, 0.15) is 16.9 Å². The Morgan fingerprint density at radius 1 is 1.48 bits per heavy atom. The van der Waals surface area contributed by atoms with Gasteiger partial charge in [-0.2, -0.15) is 13.2 Å². The van der Waals surface area contributed by atoms with Crippen molar-refractivity contribution in [3.8, 4) is 0 Å². The Hall–Kier alpha value is -2.39. The quantitative estimate of drug-likeness (QED) is 0.471. The molecule has 0 bridgehead atoms. The topological polar surface area (TPSA) is 85.6 Å². The highest BCUT2D eigenvalue weighted by Gasteiger charge is 2.29. The largest absolute Gasteiger partial charge is 0.464 e. The van der Waals surface area contributed by atoms with E-state index in [0.717, 1.165) is 24.1 Å². The Morgan fingerprint density at radius 3 is 2.57 bits per heavy atom. The number of nitrogens with zero attached hydrogens (tertiary/aromatic N) is 3. The fraction of sp³-hybridized carbons (Fsp3) is 0.455. The van der Waals surface area contributed by atoms with E-state index in [9.17, 15) is 28.1 Å². The number of hydrogen-bond donors (Lipinski definition) is 0. The van der Waals surface area contributed by atoms with Gasteiger partial charge in [0, 0.05) is 19.7 Å². The first-order chi connectivity index (χ1) is 9.65. The van der Waals surface area contributed by atoms with E-state index in [0.29, 0.717) is 0 Å². The van der Waals surface area contributed by atoms with E-state index in [4.69, 9.17) is 0 Å². The third-order valence-corrected chi connectivity index (χ3v) is 2.54. The van der Waals surface area contributed by atoms with Crippen molar-refractivity contribution in [1.82, 2.24) is 4.98 Å². The summed E-state index contributed by atoms with van der Waals surface area (Å²) in [5.41, 5.74) is -0.718. The Balaban J connectivity index is 3.11. The number of methoxy groups -OCH3 is 1. The Labute approximate surface area is 117 Å². The number of nitro groups is 1. The number of pyridine rings is 1. The highest BCUT2D eigenvalue weighted by atomic mass is 19.4. The molecular formula is C11H12F3N3O4. The fourth-order valence-electron chi connectivity index (χ4n) is 1.48. The first kappa shape index (κ1) is 16.7. The minimum atomic E-state index is -4.40. The Bertz CT molecular complexity index is 548. The molecule has 0 fully saturated rings. The number of aromatic nitrogens is 1.